The van der Waals surface area contributed by atoms with Gasteiger partial charge in [0, 0.05) is 31.8 Å². The number of carbonyl (C=O) groups is 1. The molecule has 40 heavy (non-hydrogen) atoms. The van der Waals surface area contributed by atoms with Crippen molar-refractivity contribution in [1.82, 2.24) is 9.62 Å². The number of fused-ring (bicyclic) bond motifs is 1. The topological polar surface area (TPSA) is 107 Å². The van der Waals surface area contributed by atoms with Crippen LogP contribution in [0.2, 0.25) is 0 Å². The van der Waals surface area contributed by atoms with Crippen molar-refractivity contribution in [2.24, 2.45) is 5.92 Å². The molecule has 0 heterocycles. The van der Waals surface area contributed by atoms with E-state index in [2.05, 4.69) is 43.4 Å². The van der Waals surface area contributed by atoms with E-state index in [1.165, 1.54) is 28.6 Å². The Hall–Kier alpha value is -3.30. The number of aliphatic hydroxyl groups is 1. The number of hydrogen-bond acceptors (Lipinski definition) is 5. The summed E-state index contributed by atoms with van der Waals surface area (Å²) in [6.07, 6.45) is 4.82. The molecule has 0 aromatic heterocycles. The van der Waals surface area contributed by atoms with Crippen molar-refractivity contribution in [3.8, 4) is 11.1 Å². The summed E-state index contributed by atoms with van der Waals surface area (Å²) in [6.45, 7) is 4.52. The zero-order valence-corrected chi connectivity index (χ0v) is 24.1. The van der Waals surface area contributed by atoms with Crippen LogP contribution in [0.5, 0.6) is 0 Å². The first-order chi connectivity index (χ1) is 18.9. The molecule has 0 aliphatic heterocycles. The third kappa shape index (κ3) is 7.67. The van der Waals surface area contributed by atoms with Gasteiger partial charge in [-0.1, -0.05) is 54.6 Å². The number of nitrogens with zero attached hydrogens (tertiary/aromatic N) is 1. The minimum absolute atomic E-state index is 0.0278. The van der Waals surface area contributed by atoms with Gasteiger partial charge in [0.15, 0.2) is 0 Å². The number of sulfonamides is 1. The first kappa shape index (κ1) is 29.7. The molecule has 3 aromatic carbocycles. The van der Waals surface area contributed by atoms with Crippen LogP contribution < -0.4 is 5.32 Å². The van der Waals surface area contributed by atoms with E-state index in [1.807, 2.05) is 18.2 Å². The highest BCUT2D eigenvalue weighted by Crippen LogP contribution is 2.32. The second-order valence-corrected chi connectivity index (χ2v) is 13.3. The molecule has 1 aliphatic rings. The maximum absolute atomic E-state index is 13.2. The summed E-state index contributed by atoms with van der Waals surface area (Å²) in [5.41, 5.74) is 5.03. The zero-order valence-electron chi connectivity index (χ0n) is 23.2. The summed E-state index contributed by atoms with van der Waals surface area (Å²) in [5.74, 6) is -0.476. The molecule has 0 fully saturated rings. The van der Waals surface area contributed by atoms with E-state index in [4.69, 9.17) is 5.11 Å². The number of aliphatic carboxylic acids is 1. The van der Waals surface area contributed by atoms with Crippen molar-refractivity contribution in [3.05, 3.63) is 95.6 Å². The monoisotopic (exact) mass is 562 g/mol. The molecule has 1 aliphatic carbocycles. The van der Waals surface area contributed by atoms with Gasteiger partial charge >= 0.3 is 5.97 Å². The first-order valence-corrected chi connectivity index (χ1v) is 14.9. The summed E-state index contributed by atoms with van der Waals surface area (Å²) in [7, 11) is -2.32. The number of carboxylic acid groups (broad SMARTS) is 1. The number of nitrogens with one attached hydrogen (secondary N) is 1. The minimum atomic E-state index is -3.79. The number of rotatable bonds is 12. The smallest absolute Gasteiger partial charge is 0.328 e. The average molecular weight is 563 g/mol. The van der Waals surface area contributed by atoms with Crippen molar-refractivity contribution in [2.75, 3.05) is 20.1 Å². The Balaban J connectivity index is 1.31. The normalized spacial score (nSPS) is 15.0. The molecule has 0 amide bonds. The SMILES string of the molecule is CN(CC(O)CNC(C)(C)CC1Cc2ccccc2C1)S(=O)(=O)c1ccc(-c2cccc(C=CC(=O)O)c2)cc1. The van der Waals surface area contributed by atoms with Crippen LogP contribution >= 0.6 is 0 Å². The number of aliphatic hydroxyl groups excluding tert-OH is 1. The van der Waals surface area contributed by atoms with Crippen LogP contribution in [0.1, 0.15) is 37.0 Å². The third-order valence-electron chi connectivity index (χ3n) is 7.42. The lowest BCUT2D eigenvalue weighted by atomic mass is 9.88. The quantitative estimate of drug-likeness (QED) is 0.279. The standard InChI is InChI=1S/C32H38N2O5S/c1-32(2,20-24-18-27-8-4-5-9-28(27)19-24)33-21-29(35)22-34(3)40(38,39)30-14-12-25(13-15-30)26-10-6-7-23(17-26)11-16-31(36)37/h4-17,24,29,33,35H,18-22H2,1-3H3,(H,36,37). The van der Waals surface area contributed by atoms with Gasteiger partial charge in [0.25, 0.3) is 0 Å². The first-order valence-electron chi connectivity index (χ1n) is 13.5. The predicted octanol–water partition coefficient (Wildman–Crippen LogP) is 4.61. The number of β-amino-alcohol motifs (C(OH)–C–C–N with tert-alkyl or cyclic N) is 1. The Morgan fingerprint density at radius 2 is 1.68 bits per heavy atom. The lowest BCUT2D eigenvalue weighted by molar-refractivity contribution is -0.131. The van der Waals surface area contributed by atoms with Gasteiger partial charge in [0.2, 0.25) is 10.0 Å². The molecule has 7 nitrogen and oxygen atoms in total. The zero-order chi connectivity index (χ0) is 28.9. The van der Waals surface area contributed by atoms with Crippen LogP contribution in [-0.4, -0.2) is 60.7 Å². The van der Waals surface area contributed by atoms with Crippen molar-refractivity contribution < 1.29 is 23.4 Å². The highest BCUT2D eigenvalue weighted by atomic mass is 32.2. The van der Waals surface area contributed by atoms with E-state index >= 15 is 0 Å². The number of hydrogen-bond donors (Lipinski definition) is 3. The van der Waals surface area contributed by atoms with E-state index < -0.39 is 22.1 Å². The molecule has 0 radical (unpaired) electrons. The van der Waals surface area contributed by atoms with Gasteiger partial charge in [0.05, 0.1) is 11.0 Å². The molecule has 1 atom stereocenters. The molecule has 1 unspecified atom stereocenters. The average Bonchev–Trinajstić information content (AvgIpc) is 3.32. The van der Waals surface area contributed by atoms with Gasteiger partial charge in [-0.25, -0.2) is 13.2 Å². The van der Waals surface area contributed by atoms with Crippen LogP contribution in [0.4, 0.5) is 0 Å². The summed E-state index contributed by atoms with van der Waals surface area (Å²) in [6, 6.07) is 22.5. The molecule has 212 valence electrons. The minimum Gasteiger partial charge on any atom is -0.478 e. The second kappa shape index (κ2) is 12.5. The highest BCUT2D eigenvalue weighted by Gasteiger charge is 2.29. The number of likely N-dealkylation sites (N-methyl/N-ethyl adjacent to an activating group) is 1. The lowest BCUT2D eigenvalue weighted by Gasteiger charge is -2.31. The Labute approximate surface area is 237 Å². The van der Waals surface area contributed by atoms with Crippen molar-refractivity contribution in [2.45, 2.75) is 49.6 Å². The van der Waals surface area contributed by atoms with Crippen molar-refractivity contribution in [3.63, 3.8) is 0 Å². The van der Waals surface area contributed by atoms with Gasteiger partial charge < -0.3 is 15.5 Å². The molecule has 4 rings (SSSR count). The van der Waals surface area contributed by atoms with Crippen molar-refractivity contribution in [1.29, 1.82) is 0 Å². The van der Waals surface area contributed by atoms with E-state index in [-0.39, 0.29) is 23.5 Å². The molecule has 0 bridgehead atoms. The Morgan fingerprint density at radius 1 is 1.02 bits per heavy atom. The summed E-state index contributed by atoms with van der Waals surface area (Å²) in [4.78, 5) is 10.9. The molecule has 0 spiro atoms. The summed E-state index contributed by atoms with van der Waals surface area (Å²) in [5, 5.41) is 23.0. The molecule has 0 saturated carbocycles. The van der Waals surface area contributed by atoms with Crippen LogP contribution in [0.3, 0.4) is 0 Å². The molecule has 3 aromatic rings. The fraction of sp³-hybridized carbons (Fsp3) is 0.344. The lowest BCUT2D eigenvalue weighted by Crippen LogP contribution is -2.47. The maximum Gasteiger partial charge on any atom is 0.328 e. The molecular weight excluding hydrogens is 524 g/mol. The van der Waals surface area contributed by atoms with Gasteiger partial charge in [-0.05, 0) is 91.1 Å². The van der Waals surface area contributed by atoms with Crippen LogP contribution in [0.15, 0.2) is 83.8 Å². The van der Waals surface area contributed by atoms with E-state index in [1.54, 1.807) is 30.3 Å². The largest absolute Gasteiger partial charge is 0.478 e. The predicted molar refractivity (Wildman–Crippen MR) is 158 cm³/mol. The van der Waals surface area contributed by atoms with Crippen LogP contribution in [-0.2, 0) is 27.7 Å². The van der Waals surface area contributed by atoms with Gasteiger partial charge in [0.1, 0.15) is 0 Å². The summed E-state index contributed by atoms with van der Waals surface area (Å²) < 4.78 is 27.6. The second-order valence-electron chi connectivity index (χ2n) is 11.3. The Morgan fingerprint density at radius 3 is 2.30 bits per heavy atom. The summed E-state index contributed by atoms with van der Waals surface area (Å²) >= 11 is 0. The van der Waals surface area contributed by atoms with Crippen LogP contribution in [0.25, 0.3) is 17.2 Å². The van der Waals surface area contributed by atoms with E-state index in [0.717, 1.165) is 42.0 Å². The fourth-order valence-electron chi connectivity index (χ4n) is 5.43. The van der Waals surface area contributed by atoms with Gasteiger partial charge in [-0.3, -0.25) is 0 Å². The van der Waals surface area contributed by atoms with E-state index in [0.29, 0.717) is 5.92 Å². The third-order valence-corrected chi connectivity index (χ3v) is 9.26. The number of carboxylic acids is 1. The van der Waals surface area contributed by atoms with Gasteiger partial charge in [-0.2, -0.15) is 4.31 Å². The van der Waals surface area contributed by atoms with Crippen molar-refractivity contribution >= 4 is 22.1 Å². The molecule has 0 saturated heterocycles. The van der Waals surface area contributed by atoms with Crippen LogP contribution in [0, 0.1) is 5.92 Å². The fourth-order valence-corrected chi connectivity index (χ4v) is 6.64. The highest BCUT2D eigenvalue weighted by molar-refractivity contribution is 7.89. The maximum atomic E-state index is 13.2. The van der Waals surface area contributed by atoms with E-state index in [9.17, 15) is 18.3 Å². The number of benzene rings is 3. The Bertz CT molecular complexity index is 1440. The molecule has 3 N–H and O–H groups in total. The molecular formula is C32H38N2O5S. The van der Waals surface area contributed by atoms with Gasteiger partial charge in [-0.15, -0.1) is 0 Å². The Kier molecular flexibility index (Phi) is 9.26. The molecule has 8 heteroatoms.